The molecule has 1 saturated heterocycles. The molecule has 23 heavy (non-hydrogen) atoms. The molecule has 1 aliphatic heterocycles. The van der Waals surface area contributed by atoms with Gasteiger partial charge in [-0.25, -0.2) is 8.78 Å². The Morgan fingerprint density at radius 3 is 2.70 bits per heavy atom. The quantitative estimate of drug-likeness (QED) is 0.846. The van der Waals surface area contributed by atoms with Crippen molar-refractivity contribution in [1.29, 1.82) is 0 Å². The van der Waals surface area contributed by atoms with E-state index in [0.717, 1.165) is 5.56 Å². The van der Waals surface area contributed by atoms with Crippen molar-refractivity contribution in [2.45, 2.75) is 12.8 Å². The van der Waals surface area contributed by atoms with Crippen LogP contribution in [0.2, 0.25) is 0 Å². The summed E-state index contributed by atoms with van der Waals surface area (Å²) in [6.07, 6.45) is 1.33. The number of H-pyrrole nitrogens is 1. The van der Waals surface area contributed by atoms with E-state index in [1.54, 1.807) is 6.07 Å². The molecule has 0 unspecified atom stereocenters. The molecule has 1 aliphatic rings. The van der Waals surface area contributed by atoms with Gasteiger partial charge >= 0.3 is 0 Å². The van der Waals surface area contributed by atoms with Crippen molar-refractivity contribution in [3.63, 3.8) is 0 Å². The molecule has 3 N–H and O–H groups in total. The Bertz CT molecular complexity index is 823. The van der Waals surface area contributed by atoms with Gasteiger partial charge < -0.3 is 10.6 Å². The zero-order chi connectivity index (χ0) is 16.6. The predicted octanol–water partition coefficient (Wildman–Crippen LogP) is 1.87. The van der Waals surface area contributed by atoms with Gasteiger partial charge in [-0.05, 0) is 18.6 Å². The number of nitrogens with two attached hydrogens (primary N) is 1. The first-order chi connectivity index (χ1) is 10.9. The highest BCUT2D eigenvalue weighted by molar-refractivity contribution is 5.87. The Hall–Kier alpha value is -2.77. The van der Waals surface area contributed by atoms with Gasteiger partial charge in [0, 0.05) is 6.21 Å². The number of hydrogen-bond acceptors (Lipinski definition) is 5. The van der Waals surface area contributed by atoms with Gasteiger partial charge in [-0.15, -0.1) is 0 Å². The number of aromatic nitrogens is 2. The summed E-state index contributed by atoms with van der Waals surface area (Å²) < 4.78 is 25.8. The van der Waals surface area contributed by atoms with Crippen molar-refractivity contribution < 1.29 is 8.78 Å². The second kappa shape index (κ2) is 5.45. The van der Waals surface area contributed by atoms with Crippen LogP contribution in [-0.4, -0.2) is 35.2 Å². The normalized spacial score (nSPS) is 16.6. The Balaban J connectivity index is 1.87. The molecule has 0 amide bonds. The SMILES string of the molecule is Cc1ccccc1N=Cc1c(N)nc(N2CC(F)(F)C2)[nH]c1=O. The van der Waals surface area contributed by atoms with Crippen molar-refractivity contribution in [2.75, 3.05) is 23.7 Å². The van der Waals surface area contributed by atoms with Crippen LogP contribution in [0.25, 0.3) is 0 Å². The van der Waals surface area contributed by atoms with Crippen LogP contribution < -0.4 is 16.2 Å². The maximum Gasteiger partial charge on any atom is 0.282 e. The highest BCUT2D eigenvalue weighted by Gasteiger charge is 2.45. The number of nitrogen functional groups attached to an aromatic ring is 1. The summed E-state index contributed by atoms with van der Waals surface area (Å²) in [4.78, 5) is 24.0. The molecule has 6 nitrogen and oxygen atoms in total. The maximum atomic E-state index is 12.9. The van der Waals surface area contributed by atoms with Gasteiger partial charge in [-0.3, -0.25) is 14.8 Å². The number of aliphatic imine (C=N–C) groups is 1. The van der Waals surface area contributed by atoms with Gasteiger partial charge in [-0.1, -0.05) is 18.2 Å². The molecule has 0 saturated carbocycles. The smallest absolute Gasteiger partial charge is 0.282 e. The van der Waals surface area contributed by atoms with Gasteiger partial charge in [0.25, 0.3) is 11.5 Å². The van der Waals surface area contributed by atoms with Crippen LogP contribution in [0.15, 0.2) is 34.1 Å². The summed E-state index contributed by atoms with van der Waals surface area (Å²) >= 11 is 0. The van der Waals surface area contributed by atoms with Crippen LogP contribution in [0.1, 0.15) is 11.1 Å². The number of anilines is 2. The van der Waals surface area contributed by atoms with Crippen molar-refractivity contribution in [2.24, 2.45) is 4.99 Å². The molecule has 1 fully saturated rings. The average molecular weight is 319 g/mol. The summed E-state index contributed by atoms with van der Waals surface area (Å²) in [7, 11) is 0. The van der Waals surface area contributed by atoms with E-state index in [-0.39, 0.29) is 17.3 Å². The van der Waals surface area contributed by atoms with Crippen LogP contribution in [0.4, 0.5) is 26.2 Å². The third-order valence-corrected chi connectivity index (χ3v) is 3.56. The van der Waals surface area contributed by atoms with Crippen LogP contribution in [0.3, 0.4) is 0 Å². The Labute approximate surface area is 130 Å². The lowest BCUT2D eigenvalue weighted by molar-refractivity contribution is -0.0271. The molecule has 2 heterocycles. The fourth-order valence-electron chi connectivity index (χ4n) is 2.27. The van der Waals surface area contributed by atoms with E-state index in [2.05, 4.69) is 15.0 Å². The van der Waals surface area contributed by atoms with E-state index in [1.807, 2.05) is 25.1 Å². The molecule has 3 rings (SSSR count). The summed E-state index contributed by atoms with van der Waals surface area (Å²) in [5, 5.41) is 0. The minimum atomic E-state index is -2.75. The zero-order valence-corrected chi connectivity index (χ0v) is 12.4. The van der Waals surface area contributed by atoms with Gasteiger partial charge in [0.1, 0.15) is 11.4 Å². The number of para-hydroxylation sites is 1. The first kappa shape index (κ1) is 15.1. The molecule has 0 aliphatic carbocycles. The van der Waals surface area contributed by atoms with Crippen LogP contribution in [0.5, 0.6) is 0 Å². The van der Waals surface area contributed by atoms with E-state index in [0.29, 0.717) is 5.69 Å². The van der Waals surface area contributed by atoms with Gasteiger partial charge in [0.05, 0.1) is 18.8 Å². The first-order valence-corrected chi connectivity index (χ1v) is 6.98. The van der Waals surface area contributed by atoms with E-state index >= 15 is 0 Å². The summed E-state index contributed by atoms with van der Waals surface area (Å²) in [6.45, 7) is 0.934. The Kier molecular flexibility index (Phi) is 3.59. The van der Waals surface area contributed by atoms with E-state index in [9.17, 15) is 13.6 Å². The third kappa shape index (κ3) is 3.05. The number of aromatic amines is 1. The highest BCUT2D eigenvalue weighted by Crippen LogP contribution is 2.29. The molecule has 0 spiro atoms. The van der Waals surface area contributed by atoms with E-state index in [1.165, 1.54) is 11.1 Å². The fraction of sp³-hybridized carbons (Fsp3) is 0.267. The van der Waals surface area contributed by atoms with Gasteiger partial charge in [0.15, 0.2) is 0 Å². The van der Waals surface area contributed by atoms with Crippen molar-refractivity contribution in [3.05, 3.63) is 45.7 Å². The molecule has 8 heteroatoms. The average Bonchev–Trinajstić information content (AvgIpc) is 2.45. The number of alkyl halides is 2. The van der Waals surface area contributed by atoms with Gasteiger partial charge in [0.2, 0.25) is 5.95 Å². The number of hydrogen-bond donors (Lipinski definition) is 2. The maximum absolute atomic E-state index is 12.9. The highest BCUT2D eigenvalue weighted by atomic mass is 19.3. The number of rotatable bonds is 3. The molecule has 1 aromatic carbocycles. The van der Waals surface area contributed by atoms with Gasteiger partial charge in [-0.2, -0.15) is 4.98 Å². The topological polar surface area (TPSA) is 87.4 Å². The predicted molar refractivity (Wildman–Crippen MR) is 84.9 cm³/mol. The Morgan fingerprint density at radius 2 is 2.09 bits per heavy atom. The molecular weight excluding hydrogens is 304 g/mol. The Morgan fingerprint density at radius 1 is 1.39 bits per heavy atom. The second-order valence-electron chi connectivity index (χ2n) is 5.45. The van der Waals surface area contributed by atoms with Crippen molar-refractivity contribution in [3.8, 4) is 0 Å². The number of aryl methyl sites for hydroxylation is 1. The molecule has 1 aromatic heterocycles. The monoisotopic (exact) mass is 319 g/mol. The first-order valence-electron chi connectivity index (χ1n) is 6.98. The molecular formula is C15H15F2N5O. The number of halogens is 2. The van der Waals surface area contributed by atoms with Crippen molar-refractivity contribution >= 4 is 23.7 Å². The third-order valence-electron chi connectivity index (χ3n) is 3.56. The lowest BCUT2D eigenvalue weighted by atomic mass is 10.2. The summed E-state index contributed by atoms with van der Waals surface area (Å²) in [6, 6.07) is 7.42. The minimum Gasteiger partial charge on any atom is -0.383 e. The van der Waals surface area contributed by atoms with E-state index < -0.39 is 24.6 Å². The zero-order valence-electron chi connectivity index (χ0n) is 12.4. The lowest BCUT2D eigenvalue weighted by Crippen LogP contribution is -2.57. The van der Waals surface area contributed by atoms with E-state index in [4.69, 9.17) is 5.73 Å². The second-order valence-corrected chi connectivity index (χ2v) is 5.45. The van der Waals surface area contributed by atoms with Crippen LogP contribution in [-0.2, 0) is 0 Å². The number of nitrogens with one attached hydrogen (secondary N) is 1. The molecule has 2 aromatic rings. The minimum absolute atomic E-state index is 0.0451. The summed E-state index contributed by atoms with van der Waals surface area (Å²) in [5.74, 6) is -2.75. The standard InChI is InChI=1S/C15H15F2N5O/c1-9-4-2-3-5-11(9)19-6-10-12(18)20-14(21-13(10)23)22-7-15(16,17)8-22/h2-6H,7-8H2,1H3,(H3,18,20,21,23). The largest absolute Gasteiger partial charge is 0.383 e. The number of benzene rings is 1. The molecule has 0 radical (unpaired) electrons. The van der Waals surface area contributed by atoms with Crippen molar-refractivity contribution in [1.82, 2.24) is 9.97 Å². The molecule has 120 valence electrons. The van der Waals surface area contributed by atoms with Crippen LogP contribution >= 0.6 is 0 Å². The number of nitrogens with zero attached hydrogens (tertiary/aromatic N) is 3. The molecule has 0 atom stereocenters. The molecule has 0 bridgehead atoms. The fourth-order valence-corrected chi connectivity index (χ4v) is 2.27. The van der Waals surface area contributed by atoms with Crippen LogP contribution in [0, 0.1) is 6.92 Å². The summed E-state index contributed by atoms with van der Waals surface area (Å²) in [5.41, 5.74) is 7.02. The lowest BCUT2D eigenvalue weighted by Gasteiger charge is -2.38.